The van der Waals surface area contributed by atoms with Crippen molar-refractivity contribution in [3.05, 3.63) is 52.4 Å². The van der Waals surface area contributed by atoms with Gasteiger partial charge in [0.25, 0.3) is 0 Å². The molecular formula is C15H13N2O6S2-. The molecule has 0 aliphatic rings. The molecule has 3 N–H and O–H groups in total. The van der Waals surface area contributed by atoms with E-state index in [1.807, 2.05) is 0 Å². The van der Waals surface area contributed by atoms with Gasteiger partial charge < -0.3 is 19.4 Å². The molecule has 25 heavy (non-hydrogen) atoms. The van der Waals surface area contributed by atoms with Crippen LogP contribution >= 0.6 is 11.3 Å². The predicted octanol–water partition coefficient (Wildman–Crippen LogP) is 2.16. The van der Waals surface area contributed by atoms with Crippen LogP contribution in [-0.4, -0.2) is 31.0 Å². The van der Waals surface area contributed by atoms with Crippen molar-refractivity contribution in [3.8, 4) is 5.75 Å². The van der Waals surface area contributed by atoms with Gasteiger partial charge in [-0.3, -0.25) is 5.41 Å². The Balaban J connectivity index is 0.000000399. The minimum atomic E-state index is -3.92. The molecule has 0 radical (unpaired) electrons. The highest BCUT2D eigenvalue weighted by molar-refractivity contribution is 7.84. The SMILES string of the molecule is CS(=O)(=O)[O-].N=C(N)c1sccc1C(=O)Oc1ccc2occc2c1. The monoisotopic (exact) mass is 381 g/mol. The number of hydrogen-bond donors (Lipinski definition) is 2. The van der Waals surface area contributed by atoms with Gasteiger partial charge in [-0.2, -0.15) is 0 Å². The molecule has 3 rings (SSSR count). The number of hydrogen-bond acceptors (Lipinski definition) is 8. The number of amidine groups is 1. The molecule has 132 valence electrons. The summed E-state index contributed by atoms with van der Waals surface area (Å²) in [5.41, 5.74) is 6.45. The lowest BCUT2D eigenvalue weighted by atomic mass is 10.2. The van der Waals surface area contributed by atoms with E-state index in [1.54, 1.807) is 42.0 Å². The number of esters is 1. The van der Waals surface area contributed by atoms with E-state index < -0.39 is 16.1 Å². The Kier molecular flexibility index (Phi) is 5.57. The summed E-state index contributed by atoms with van der Waals surface area (Å²) in [5, 5.41) is 9.98. The molecule has 2 aromatic heterocycles. The van der Waals surface area contributed by atoms with Crippen molar-refractivity contribution in [1.82, 2.24) is 0 Å². The van der Waals surface area contributed by atoms with Crippen molar-refractivity contribution in [1.29, 1.82) is 5.41 Å². The van der Waals surface area contributed by atoms with E-state index in [0.717, 1.165) is 11.0 Å². The number of fused-ring (bicyclic) bond motifs is 1. The summed E-state index contributed by atoms with van der Waals surface area (Å²) >= 11 is 1.24. The quantitative estimate of drug-likeness (QED) is 0.232. The lowest BCUT2D eigenvalue weighted by molar-refractivity contribution is 0.0735. The number of furan rings is 1. The zero-order chi connectivity index (χ0) is 18.6. The molecular weight excluding hydrogens is 368 g/mol. The maximum atomic E-state index is 12.1. The molecule has 1 aromatic carbocycles. The molecule has 0 fully saturated rings. The lowest BCUT2D eigenvalue weighted by Gasteiger charge is -2.04. The number of nitrogen functional groups attached to an aromatic ring is 1. The molecule has 0 unspecified atom stereocenters. The number of thiophene rings is 1. The van der Waals surface area contributed by atoms with Crippen molar-refractivity contribution in [2.75, 3.05) is 6.26 Å². The summed E-state index contributed by atoms with van der Waals surface area (Å²) in [6.07, 6.45) is 2.18. The molecule has 10 heteroatoms. The van der Waals surface area contributed by atoms with E-state index in [1.165, 1.54) is 11.3 Å². The molecule has 0 aliphatic heterocycles. The highest BCUT2D eigenvalue weighted by atomic mass is 32.2. The fourth-order valence-corrected chi connectivity index (χ4v) is 2.59. The Labute approximate surface area is 147 Å². The summed E-state index contributed by atoms with van der Waals surface area (Å²) in [6, 6.07) is 8.50. The summed E-state index contributed by atoms with van der Waals surface area (Å²) in [6.45, 7) is 0. The molecule has 3 aromatic rings. The summed E-state index contributed by atoms with van der Waals surface area (Å²) in [7, 11) is -3.92. The van der Waals surface area contributed by atoms with Crippen molar-refractivity contribution >= 4 is 44.2 Å². The average molecular weight is 381 g/mol. The number of nitrogens with one attached hydrogen (secondary N) is 1. The van der Waals surface area contributed by atoms with Crippen LogP contribution in [0, 0.1) is 5.41 Å². The van der Waals surface area contributed by atoms with Crippen LogP contribution in [0.1, 0.15) is 15.2 Å². The third-order valence-corrected chi connectivity index (χ3v) is 3.71. The standard InChI is InChI=1S/C14H10N2O3S.CH4O3S/c15-13(16)12-10(4-6-20-12)14(17)19-9-1-2-11-8(7-9)3-5-18-11;1-5(2,3)4/h1-7H,(H3,15,16);1H3,(H,2,3,4)/p-1. The van der Waals surface area contributed by atoms with E-state index >= 15 is 0 Å². The fraction of sp³-hybridized carbons (Fsp3) is 0.0667. The molecule has 8 nitrogen and oxygen atoms in total. The first kappa shape index (κ1) is 18.6. The largest absolute Gasteiger partial charge is 0.748 e. The second-order valence-corrected chi connectivity index (χ2v) is 7.12. The zero-order valence-electron chi connectivity index (χ0n) is 12.9. The van der Waals surface area contributed by atoms with Gasteiger partial charge in [0.2, 0.25) is 0 Å². The van der Waals surface area contributed by atoms with Gasteiger partial charge in [0, 0.05) is 11.6 Å². The maximum Gasteiger partial charge on any atom is 0.345 e. The molecule has 0 saturated carbocycles. The van der Waals surface area contributed by atoms with Gasteiger partial charge in [0.1, 0.15) is 17.2 Å². The van der Waals surface area contributed by atoms with Gasteiger partial charge >= 0.3 is 5.97 Å². The van der Waals surface area contributed by atoms with E-state index in [0.29, 0.717) is 22.4 Å². The first-order valence-corrected chi connectivity index (χ1v) is 9.37. The van der Waals surface area contributed by atoms with Crippen LogP contribution in [0.2, 0.25) is 0 Å². The van der Waals surface area contributed by atoms with E-state index in [4.69, 9.17) is 33.3 Å². The fourth-order valence-electron chi connectivity index (χ4n) is 1.85. The average Bonchev–Trinajstić information content (AvgIpc) is 3.14. The number of ether oxygens (including phenoxy) is 1. The normalized spacial score (nSPS) is 10.8. The number of carbonyl (C=O) groups is 1. The van der Waals surface area contributed by atoms with Crippen molar-refractivity contribution < 1.29 is 26.9 Å². The van der Waals surface area contributed by atoms with Crippen molar-refractivity contribution in [2.45, 2.75) is 0 Å². The van der Waals surface area contributed by atoms with Crippen LogP contribution < -0.4 is 10.5 Å². The van der Waals surface area contributed by atoms with Gasteiger partial charge in [-0.05, 0) is 35.7 Å². The van der Waals surface area contributed by atoms with Crippen LogP contribution in [0.4, 0.5) is 0 Å². The van der Waals surface area contributed by atoms with Gasteiger partial charge in [0.05, 0.1) is 26.8 Å². The van der Waals surface area contributed by atoms with Crippen LogP contribution in [0.15, 0.2) is 46.4 Å². The number of rotatable bonds is 3. The number of nitrogens with two attached hydrogens (primary N) is 1. The third kappa shape index (κ3) is 5.41. The minimum absolute atomic E-state index is 0.141. The molecule has 2 heterocycles. The summed E-state index contributed by atoms with van der Waals surface area (Å²) < 4.78 is 37.7. The summed E-state index contributed by atoms with van der Waals surface area (Å²) in [5.74, 6) is -0.249. The molecule has 0 aliphatic carbocycles. The molecule has 0 amide bonds. The zero-order valence-corrected chi connectivity index (χ0v) is 14.5. The number of benzene rings is 1. The Morgan fingerprint density at radius 2 is 2.00 bits per heavy atom. The Morgan fingerprint density at radius 3 is 2.64 bits per heavy atom. The Hall–Kier alpha value is -2.69. The second kappa shape index (κ2) is 7.47. The molecule has 0 saturated heterocycles. The topological polar surface area (TPSA) is 147 Å². The second-order valence-electron chi connectivity index (χ2n) is 4.79. The molecule has 0 spiro atoms. The summed E-state index contributed by atoms with van der Waals surface area (Å²) in [4.78, 5) is 12.5. The lowest BCUT2D eigenvalue weighted by Crippen LogP contribution is -2.16. The highest BCUT2D eigenvalue weighted by Gasteiger charge is 2.17. The van der Waals surface area contributed by atoms with Crippen LogP contribution in [0.25, 0.3) is 11.0 Å². The third-order valence-electron chi connectivity index (χ3n) is 2.76. The van der Waals surface area contributed by atoms with E-state index in [2.05, 4.69) is 0 Å². The Morgan fingerprint density at radius 1 is 1.32 bits per heavy atom. The first-order chi connectivity index (χ1) is 11.6. The molecule has 0 atom stereocenters. The highest BCUT2D eigenvalue weighted by Crippen LogP contribution is 2.24. The van der Waals surface area contributed by atoms with Crippen LogP contribution in [0.3, 0.4) is 0 Å². The van der Waals surface area contributed by atoms with Crippen LogP contribution in [0.5, 0.6) is 5.75 Å². The van der Waals surface area contributed by atoms with Crippen molar-refractivity contribution in [2.24, 2.45) is 5.73 Å². The van der Waals surface area contributed by atoms with Crippen molar-refractivity contribution in [3.63, 3.8) is 0 Å². The van der Waals surface area contributed by atoms with E-state index in [9.17, 15) is 4.79 Å². The Bertz CT molecular complexity index is 1010. The number of carbonyl (C=O) groups excluding carboxylic acids is 1. The maximum absolute atomic E-state index is 12.1. The minimum Gasteiger partial charge on any atom is -0.748 e. The predicted molar refractivity (Wildman–Crippen MR) is 92.1 cm³/mol. The van der Waals surface area contributed by atoms with Gasteiger partial charge in [-0.25, -0.2) is 13.2 Å². The van der Waals surface area contributed by atoms with Crippen LogP contribution in [-0.2, 0) is 10.1 Å². The van der Waals surface area contributed by atoms with E-state index in [-0.39, 0.29) is 5.84 Å². The molecule has 0 bridgehead atoms. The van der Waals surface area contributed by atoms with Gasteiger partial charge in [0.15, 0.2) is 0 Å². The first-order valence-electron chi connectivity index (χ1n) is 6.67. The van der Waals surface area contributed by atoms with Gasteiger partial charge in [-0.15, -0.1) is 11.3 Å². The van der Waals surface area contributed by atoms with Gasteiger partial charge in [-0.1, -0.05) is 0 Å². The smallest absolute Gasteiger partial charge is 0.345 e.